The second kappa shape index (κ2) is 4.04. The van der Waals surface area contributed by atoms with Crippen molar-refractivity contribution in [2.75, 3.05) is 17.6 Å². The first-order valence-electron chi connectivity index (χ1n) is 5.15. The van der Waals surface area contributed by atoms with Gasteiger partial charge in [0.25, 0.3) is 10.9 Å². The molecule has 0 atom stereocenters. The second-order valence-corrected chi connectivity index (χ2v) is 5.04. The molecule has 1 aromatic carbocycles. The molecule has 0 amide bonds. The van der Waals surface area contributed by atoms with Gasteiger partial charge in [0, 0.05) is 6.54 Å². The standard InChI is InChI=1S/C11H18N2O2/c1-11(2,3)5-4-6-13-8-7(12)9(14)10(8)15/h13H,4-6,12H2,1-3H3. The smallest absolute Gasteiger partial charge is 0.253 e. The summed E-state index contributed by atoms with van der Waals surface area (Å²) in [6.07, 6.45) is 2.02. The van der Waals surface area contributed by atoms with Crippen LogP contribution in [0.2, 0.25) is 0 Å². The van der Waals surface area contributed by atoms with Gasteiger partial charge >= 0.3 is 0 Å². The van der Waals surface area contributed by atoms with Gasteiger partial charge in [-0.1, -0.05) is 20.8 Å². The first-order chi connectivity index (χ1) is 6.83. The van der Waals surface area contributed by atoms with Crippen molar-refractivity contribution >= 4 is 11.4 Å². The molecule has 0 bridgehead atoms. The molecule has 0 aromatic heterocycles. The zero-order valence-electron chi connectivity index (χ0n) is 9.52. The van der Waals surface area contributed by atoms with E-state index < -0.39 is 10.9 Å². The van der Waals surface area contributed by atoms with Crippen molar-refractivity contribution in [2.24, 2.45) is 5.41 Å². The highest BCUT2D eigenvalue weighted by Crippen LogP contribution is 2.20. The number of rotatable bonds is 4. The highest BCUT2D eigenvalue weighted by Gasteiger charge is 2.17. The summed E-state index contributed by atoms with van der Waals surface area (Å²) in [5.74, 6) is 0. The van der Waals surface area contributed by atoms with Crippen LogP contribution in [0.5, 0.6) is 0 Å². The Morgan fingerprint density at radius 2 is 1.80 bits per heavy atom. The van der Waals surface area contributed by atoms with Crippen molar-refractivity contribution in [1.82, 2.24) is 0 Å². The molecule has 0 radical (unpaired) electrons. The van der Waals surface area contributed by atoms with Crippen molar-refractivity contribution in [3.63, 3.8) is 0 Å². The quantitative estimate of drug-likeness (QED) is 0.576. The molecule has 0 unspecified atom stereocenters. The van der Waals surface area contributed by atoms with Crippen molar-refractivity contribution in [3.05, 3.63) is 20.4 Å². The molecule has 1 aromatic rings. The zero-order chi connectivity index (χ0) is 11.6. The molecular weight excluding hydrogens is 192 g/mol. The third kappa shape index (κ3) is 2.81. The normalized spacial score (nSPS) is 11.9. The number of nitrogens with one attached hydrogen (secondary N) is 1. The Balaban J connectivity index is 2.34. The summed E-state index contributed by atoms with van der Waals surface area (Å²) in [5.41, 5.74) is 5.00. The highest BCUT2D eigenvalue weighted by atomic mass is 16.2. The van der Waals surface area contributed by atoms with Gasteiger partial charge < -0.3 is 11.1 Å². The van der Waals surface area contributed by atoms with Crippen LogP contribution in [0.4, 0.5) is 11.4 Å². The number of hydrogen-bond acceptors (Lipinski definition) is 4. The Labute approximate surface area is 89.2 Å². The Morgan fingerprint density at radius 3 is 2.27 bits per heavy atom. The predicted molar refractivity (Wildman–Crippen MR) is 62.9 cm³/mol. The molecule has 0 spiro atoms. The maximum absolute atomic E-state index is 11.0. The van der Waals surface area contributed by atoms with E-state index >= 15 is 0 Å². The Kier molecular flexibility index (Phi) is 3.17. The van der Waals surface area contributed by atoms with Gasteiger partial charge in [-0.25, -0.2) is 0 Å². The maximum Gasteiger partial charge on any atom is 0.253 e. The van der Waals surface area contributed by atoms with E-state index in [1.807, 2.05) is 0 Å². The molecule has 0 fully saturated rings. The van der Waals surface area contributed by atoms with Crippen LogP contribution >= 0.6 is 0 Å². The summed E-state index contributed by atoms with van der Waals surface area (Å²) in [7, 11) is 0. The van der Waals surface area contributed by atoms with Crippen LogP contribution in [0.3, 0.4) is 0 Å². The lowest BCUT2D eigenvalue weighted by Gasteiger charge is -2.18. The van der Waals surface area contributed by atoms with E-state index in [9.17, 15) is 9.59 Å². The SMILES string of the molecule is CC(C)(C)CCCNc1c(N)c(=O)c1=O. The molecule has 0 saturated carbocycles. The van der Waals surface area contributed by atoms with Crippen molar-refractivity contribution in [1.29, 1.82) is 0 Å². The van der Waals surface area contributed by atoms with Crippen molar-refractivity contribution in [2.45, 2.75) is 33.6 Å². The second-order valence-electron chi connectivity index (χ2n) is 5.04. The van der Waals surface area contributed by atoms with Crippen LogP contribution in [0, 0.1) is 5.41 Å². The minimum absolute atomic E-state index is 0.0794. The maximum atomic E-state index is 11.0. The van der Waals surface area contributed by atoms with Gasteiger partial charge in [-0.2, -0.15) is 0 Å². The molecule has 0 aliphatic rings. The van der Waals surface area contributed by atoms with Crippen molar-refractivity contribution < 1.29 is 0 Å². The number of nitrogens with two attached hydrogens (primary N) is 1. The minimum atomic E-state index is -0.562. The predicted octanol–water partition coefficient (Wildman–Crippen LogP) is 1.10. The monoisotopic (exact) mass is 210 g/mol. The molecule has 84 valence electrons. The van der Waals surface area contributed by atoms with Gasteiger partial charge in [0.2, 0.25) is 0 Å². The van der Waals surface area contributed by atoms with Gasteiger partial charge in [-0.05, 0) is 18.3 Å². The van der Waals surface area contributed by atoms with E-state index in [0.717, 1.165) is 12.8 Å². The van der Waals surface area contributed by atoms with E-state index in [4.69, 9.17) is 5.73 Å². The molecule has 0 heterocycles. The summed E-state index contributed by atoms with van der Waals surface area (Å²) in [6, 6.07) is 0. The van der Waals surface area contributed by atoms with Gasteiger partial charge in [-0.3, -0.25) is 9.59 Å². The lowest BCUT2D eigenvalue weighted by Crippen LogP contribution is -2.37. The molecular formula is C11H18N2O2. The molecule has 0 aliphatic heterocycles. The van der Waals surface area contributed by atoms with Gasteiger partial charge in [0.15, 0.2) is 0 Å². The van der Waals surface area contributed by atoms with Crippen LogP contribution in [0.1, 0.15) is 33.6 Å². The first-order valence-corrected chi connectivity index (χ1v) is 5.15. The summed E-state index contributed by atoms with van der Waals surface area (Å²) in [4.78, 5) is 21.8. The van der Waals surface area contributed by atoms with Gasteiger partial charge in [-0.15, -0.1) is 0 Å². The molecule has 4 heteroatoms. The van der Waals surface area contributed by atoms with Crippen LogP contribution in [0.15, 0.2) is 9.59 Å². The zero-order valence-corrected chi connectivity index (χ0v) is 9.52. The van der Waals surface area contributed by atoms with Crippen molar-refractivity contribution in [3.8, 4) is 0 Å². The fourth-order valence-corrected chi connectivity index (χ4v) is 1.42. The third-order valence-corrected chi connectivity index (χ3v) is 2.35. The van der Waals surface area contributed by atoms with E-state index in [1.54, 1.807) is 0 Å². The molecule has 4 nitrogen and oxygen atoms in total. The van der Waals surface area contributed by atoms with E-state index in [2.05, 4.69) is 26.1 Å². The Bertz CT molecular complexity index is 409. The number of anilines is 2. The molecule has 1 rings (SSSR count). The van der Waals surface area contributed by atoms with Crippen LogP contribution < -0.4 is 21.9 Å². The summed E-state index contributed by atoms with van der Waals surface area (Å²) in [6.45, 7) is 7.18. The average molecular weight is 210 g/mol. The molecule has 0 saturated heterocycles. The Morgan fingerprint density at radius 1 is 1.20 bits per heavy atom. The van der Waals surface area contributed by atoms with E-state index in [1.165, 1.54) is 0 Å². The molecule has 0 aliphatic carbocycles. The largest absolute Gasteiger partial charge is 0.394 e. The summed E-state index contributed by atoms with van der Waals surface area (Å²) in [5, 5.41) is 2.91. The van der Waals surface area contributed by atoms with Crippen LogP contribution in [-0.2, 0) is 0 Å². The molecule has 3 N–H and O–H groups in total. The fraction of sp³-hybridized carbons (Fsp3) is 0.636. The molecule has 15 heavy (non-hydrogen) atoms. The lowest BCUT2D eigenvalue weighted by atomic mass is 9.90. The van der Waals surface area contributed by atoms with Crippen LogP contribution in [-0.4, -0.2) is 6.54 Å². The topological polar surface area (TPSA) is 72.2 Å². The van der Waals surface area contributed by atoms with E-state index in [0.29, 0.717) is 17.6 Å². The summed E-state index contributed by atoms with van der Waals surface area (Å²) < 4.78 is 0. The lowest BCUT2D eigenvalue weighted by molar-refractivity contribution is 0.370. The fourth-order valence-electron chi connectivity index (χ4n) is 1.42. The minimum Gasteiger partial charge on any atom is -0.394 e. The number of hydrogen-bond donors (Lipinski definition) is 2. The van der Waals surface area contributed by atoms with Gasteiger partial charge in [0.1, 0.15) is 11.4 Å². The van der Waals surface area contributed by atoms with E-state index in [-0.39, 0.29) is 5.69 Å². The third-order valence-electron chi connectivity index (χ3n) is 2.35. The van der Waals surface area contributed by atoms with Crippen LogP contribution in [0.25, 0.3) is 0 Å². The first kappa shape index (κ1) is 11.8. The average Bonchev–Trinajstić information content (AvgIpc) is 2.14. The van der Waals surface area contributed by atoms with Gasteiger partial charge in [0.05, 0.1) is 0 Å². The Hall–Kier alpha value is -1.32. The highest BCUT2D eigenvalue weighted by molar-refractivity contribution is 5.71. The summed E-state index contributed by atoms with van der Waals surface area (Å²) >= 11 is 0. The number of nitrogen functional groups attached to an aromatic ring is 1.